The fraction of sp³-hybridized carbons (Fsp3) is 0.690. The Bertz CT molecular complexity index is 671. The van der Waals surface area contributed by atoms with Gasteiger partial charge in [-0.3, -0.25) is 0 Å². The molecule has 1 unspecified atom stereocenters. The van der Waals surface area contributed by atoms with Gasteiger partial charge in [0.2, 0.25) is 0 Å². The van der Waals surface area contributed by atoms with Crippen LogP contribution in [0.4, 0.5) is 0 Å². The van der Waals surface area contributed by atoms with Crippen molar-refractivity contribution in [3.05, 3.63) is 48.0 Å². The van der Waals surface area contributed by atoms with Gasteiger partial charge < -0.3 is 35.3 Å². The number of aldehydes is 1. The first-order valence-electron chi connectivity index (χ1n) is 13.7. The summed E-state index contributed by atoms with van der Waals surface area (Å²) in [4.78, 5) is 10.6. The van der Waals surface area contributed by atoms with Crippen LogP contribution in [0.25, 0.3) is 0 Å². The predicted octanol–water partition coefficient (Wildman–Crippen LogP) is 4.58. The van der Waals surface area contributed by atoms with Crippen LogP contribution < -0.4 is 5.73 Å². The van der Waals surface area contributed by atoms with Crippen molar-refractivity contribution in [3.63, 3.8) is 0 Å². The number of allylic oxidation sites excluding steroid dienone is 1. The highest BCUT2D eigenvalue weighted by Crippen LogP contribution is 2.25. The van der Waals surface area contributed by atoms with E-state index in [4.69, 9.17) is 20.3 Å². The molecule has 0 aliphatic carbocycles. The summed E-state index contributed by atoms with van der Waals surface area (Å²) in [7, 11) is 0. The van der Waals surface area contributed by atoms with Gasteiger partial charge in [0.1, 0.15) is 12.2 Å². The van der Waals surface area contributed by atoms with E-state index in [2.05, 4.69) is 6.92 Å². The van der Waals surface area contributed by atoms with Crippen LogP contribution in [0, 0.1) is 0 Å². The molecule has 36 heavy (non-hydrogen) atoms. The van der Waals surface area contributed by atoms with E-state index in [1.165, 1.54) is 70.6 Å². The molecule has 2 rings (SSSR count). The van der Waals surface area contributed by atoms with Gasteiger partial charge in [0.15, 0.2) is 12.6 Å². The standard InChI is InChI=1S/C18H37NO2.C11H12O4/c1-2-3-4-5-6-7-8-9-10-11-12-13-14-15-18(21)17(19)16-20;12-6-10-9(13)7-14-11(15-10)8-4-2-1-3-5-8/h14-15,17-18,20-21H,2-13,16,19H2,1H3;1-6,9-11,13H,7H2/b15-14+;/t17-,18-;9-,10-,11?/m01/s1. The third-order valence-corrected chi connectivity index (χ3v) is 6.24. The van der Waals surface area contributed by atoms with Gasteiger partial charge in [0.05, 0.1) is 25.4 Å². The monoisotopic (exact) mass is 507 g/mol. The normalized spacial score (nSPS) is 21.5. The van der Waals surface area contributed by atoms with E-state index in [0.717, 1.165) is 12.0 Å². The molecule has 0 radical (unpaired) electrons. The molecule has 1 fully saturated rings. The molecule has 0 spiro atoms. The molecule has 1 aliphatic rings. The highest BCUT2D eigenvalue weighted by Gasteiger charge is 2.30. The molecule has 1 aliphatic heterocycles. The Balaban J connectivity index is 0.000000377. The molecule has 0 aromatic heterocycles. The van der Waals surface area contributed by atoms with Crippen LogP contribution in [0.15, 0.2) is 42.5 Å². The van der Waals surface area contributed by atoms with Gasteiger partial charge in [-0.15, -0.1) is 0 Å². The number of benzene rings is 1. The molecule has 0 saturated carbocycles. The Morgan fingerprint density at radius 3 is 2.14 bits per heavy atom. The van der Waals surface area contributed by atoms with Crippen LogP contribution in [0.5, 0.6) is 0 Å². The smallest absolute Gasteiger partial charge is 0.184 e. The Hall–Kier alpha value is -1.61. The first-order valence-corrected chi connectivity index (χ1v) is 13.7. The molecule has 1 aromatic rings. The second kappa shape index (κ2) is 21.5. The average molecular weight is 508 g/mol. The third-order valence-electron chi connectivity index (χ3n) is 6.24. The minimum atomic E-state index is -0.873. The maximum atomic E-state index is 10.6. The molecular weight excluding hydrogens is 458 g/mol. The molecule has 7 nitrogen and oxygen atoms in total. The first kappa shape index (κ1) is 32.4. The molecule has 206 valence electrons. The minimum Gasteiger partial charge on any atom is -0.395 e. The molecule has 5 atom stereocenters. The molecule has 1 heterocycles. The summed E-state index contributed by atoms with van der Waals surface area (Å²) in [5.74, 6) is 0. The van der Waals surface area contributed by atoms with Gasteiger partial charge >= 0.3 is 0 Å². The summed E-state index contributed by atoms with van der Waals surface area (Å²) in [6.07, 6.45) is 17.2. The number of carbonyl (C=O) groups excluding carboxylic acids is 1. The molecule has 1 saturated heterocycles. The number of carbonyl (C=O) groups is 1. The highest BCUT2D eigenvalue weighted by molar-refractivity contribution is 5.57. The lowest BCUT2D eigenvalue weighted by Crippen LogP contribution is -2.41. The highest BCUT2D eigenvalue weighted by atomic mass is 16.7. The summed E-state index contributed by atoms with van der Waals surface area (Å²) >= 11 is 0. The van der Waals surface area contributed by atoms with Gasteiger partial charge in [0, 0.05) is 5.56 Å². The molecule has 1 aromatic carbocycles. The Kier molecular flexibility index (Phi) is 19.3. The van der Waals surface area contributed by atoms with E-state index in [1.807, 2.05) is 36.4 Å². The number of aliphatic hydroxyl groups is 3. The minimum absolute atomic E-state index is 0.114. The van der Waals surface area contributed by atoms with Crippen LogP contribution >= 0.6 is 0 Å². The van der Waals surface area contributed by atoms with Crippen molar-refractivity contribution in [1.29, 1.82) is 0 Å². The maximum Gasteiger partial charge on any atom is 0.184 e. The van der Waals surface area contributed by atoms with Gasteiger partial charge in [-0.25, -0.2) is 0 Å². The van der Waals surface area contributed by atoms with Gasteiger partial charge in [-0.2, -0.15) is 0 Å². The van der Waals surface area contributed by atoms with Crippen molar-refractivity contribution in [2.24, 2.45) is 5.73 Å². The van der Waals surface area contributed by atoms with Crippen LogP contribution in [0.3, 0.4) is 0 Å². The van der Waals surface area contributed by atoms with E-state index >= 15 is 0 Å². The predicted molar refractivity (Wildman–Crippen MR) is 143 cm³/mol. The van der Waals surface area contributed by atoms with Crippen molar-refractivity contribution in [2.45, 2.75) is 115 Å². The summed E-state index contributed by atoms with van der Waals surface area (Å²) in [5.41, 5.74) is 6.36. The van der Waals surface area contributed by atoms with Gasteiger partial charge in [0.25, 0.3) is 0 Å². The summed E-state index contributed by atoms with van der Waals surface area (Å²) in [6, 6.07) is 8.76. The van der Waals surface area contributed by atoms with Gasteiger partial charge in [-0.1, -0.05) is 114 Å². The zero-order chi connectivity index (χ0) is 26.4. The lowest BCUT2D eigenvalue weighted by molar-refractivity contribution is -0.246. The summed E-state index contributed by atoms with van der Waals surface area (Å²) in [5, 5.41) is 27.7. The fourth-order valence-electron chi connectivity index (χ4n) is 3.87. The SMILES string of the molecule is CCCCCCCCCCCCC/C=C/[C@H](O)[C@@H](N)CO.O=C[C@H]1OC(c2ccccc2)OC[C@H]1O. The van der Waals surface area contributed by atoms with Crippen LogP contribution in [-0.4, -0.2) is 59.2 Å². The van der Waals surface area contributed by atoms with Crippen molar-refractivity contribution >= 4 is 6.29 Å². The van der Waals surface area contributed by atoms with Crippen LogP contribution in [0.2, 0.25) is 0 Å². The average Bonchev–Trinajstić information content (AvgIpc) is 2.91. The molecule has 7 heteroatoms. The lowest BCUT2D eigenvalue weighted by Gasteiger charge is -2.31. The van der Waals surface area contributed by atoms with Crippen molar-refractivity contribution in [3.8, 4) is 0 Å². The van der Waals surface area contributed by atoms with E-state index in [1.54, 1.807) is 6.08 Å². The number of hydrogen-bond acceptors (Lipinski definition) is 7. The Morgan fingerprint density at radius 2 is 1.58 bits per heavy atom. The Labute approximate surface area is 217 Å². The third kappa shape index (κ3) is 14.8. The van der Waals surface area contributed by atoms with E-state index in [0.29, 0.717) is 6.29 Å². The summed E-state index contributed by atoms with van der Waals surface area (Å²) in [6.45, 7) is 2.20. The number of unbranched alkanes of at least 4 members (excludes halogenated alkanes) is 11. The second-order valence-electron chi connectivity index (χ2n) is 9.47. The molecular formula is C29H49NO6. The molecule has 0 amide bonds. The number of nitrogens with two attached hydrogens (primary N) is 1. The number of rotatable bonds is 17. The van der Waals surface area contributed by atoms with E-state index in [9.17, 15) is 15.0 Å². The largest absolute Gasteiger partial charge is 0.395 e. The number of aliphatic hydroxyl groups excluding tert-OH is 3. The first-order chi connectivity index (χ1) is 17.5. The number of ether oxygens (including phenoxy) is 2. The van der Waals surface area contributed by atoms with Gasteiger partial charge in [-0.05, 0) is 12.8 Å². The van der Waals surface area contributed by atoms with Crippen LogP contribution in [0.1, 0.15) is 95.8 Å². The maximum absolute atomic E-state index is 10.6. The zero-order valence-corrected chi connectivity index (χ0v) is 22.0. The van der Waals surface area contributed by atoms with Crippen molar-refractivity contribution in [2.75, 3.05) is 13.2 Å². The quantitative estimate of drug-likeness (QED) is 0.138. The zero-order valence-electron chi connectivity index (χ0n) is 22.0. The van der Waals surface area contributed by atoms with Crippen molar-refractivity contribution < 1.29 is 29.6 Å². The van der Waals surface area contributed by atoms with E-state index in [-0.39, 0.29) is 13.2 Å². The Morgan fingerprint density at radius 1 is 1.00 bits per heavy atom. The second-order valence-corrected chi connectivity index (χ2v) is 9.47. The molecule has 5 N–H and O–H groups in total. The number of hydrogen-bond donors (Lipinski definition) is 4. The van der Waals surface area contributed by atoms with Crippen molar-refractivity contribution in [1.82, 2.24) is 0 Å². The van der Waals surface area contributed by atoms with E-state index < -0.39 is 30.6 Å². The van der Waals surface area contributed by atoms with Crippen LogP contribution in [-0.2, 0) is 14.3 Å². The topological polar surface area (TPSA) is 122 Å². The fourth-order valence-corrected chi connectivity index (χ4v) is 3.87. The molecule has 0 bridgehead atoms. The summed E-state index contributed by atoms with van der Waals surface area (Å²) < 4.78 is 10.6. The lowest BCUT2D eigenvalue weighted by atomic mass is 10.0.